The number of aryl methyl sites for hydroxylation is 1. The van der Waals surface area contributed by atoms with Crippen molar-refractivity contribution < 1.29 is 17.9 Å². The summed E-state index contributed by atoms with van der Waals surface area (Å²) in [6.07, 6.45) is 1.35. The second kappa shape index (κ2) is 9.06. The minimum atomic E-state index is -3.73. The molecule has 0 spiro atoms. The summed E-state index contributed by atoms with van der Waals surface area (Å²) in [7, 11) is -3.73. The molecular weight excluding hydrogens is 410 g/mol. The molecule has 0 radical (unpaired) electrons. The Hall–Kier alpha value is -2.91. The molecular formula is C20H21N3O4S2. The fourth-order valence-corrected chi connectivity index (χ4v) is 4.35. The van der Waals surface area contributed by atoms with E-state index in [0.29, 0.717) is 23.0 Å². The number of ether oxygens (including phenoxy) is 1. The van der Waals surface area contributed by atoms with Gasteiger partial charge in [-0.3, -0.25) is 9.52 Å². The van der Waals surface area contributed by atoms with Crippen molar-refractivity contribution in [1.82, 2.24) is 4.98 Å². The molecule has 1 atom stereocenters. The lowest BCUT2D eigenvalue weighted by Crippen LogP contribution is -2.32. The molecule has 1 aromatic heterocycles. The first-order valence-corrected chi connectivity index (χ1v) is 11.3. The summed E-state index contributed by atoms with van der Waals surface area (Å²) in [5.74, 6) is 0.326. The summed E-state index contributed by atoms with van der Waals surface area (Å²) >= 11 is 1.19. The van der Waals surface area contributed by atoms with E-state index < -0.39 is 16.1 Å². The van der Waals surface area contributed by atoms with Gasteiger partial charge >= 0.3 is 0 Å². The quantitative estimate of drug-likeness (QED) is 0.561. The second-order valence-corrected chi connectivity index (χ2v) is 8.86. The molecule has 3 aromatic rings. The number of nitrogens with zero attached hydrogens (tertiary/aromatic N) is 1. The van der Waals surface area contributed by atoms with E-state index in [2.05, 4.69) is 15.0 Å². The van der Waals surface area contributed by atoms with Crippen molar-refractivity contribution in [3.05, 3.63) is 65.7 Å². The Morgan fingerprint density at radius 3 is 2.59 bits per heavy atom. The van der Waals surface area contributed by atoms with Crippen molar-refractivity contribution in [3.63, 3.8) is 0 Å². The summed E-state index contributed by atoms with van der Waals surface area (Å²) in [6, 6.07) is 13.4. The van der Waals surface area contributed by atoms with Crippen LogP contribution in [0.3, 0.4) is 0 Å². The fourth-order valence-electron chi connectivity index (χ4n) is 2.56. The highest BCUT2D eigenvalue weighted by atomic mass is 32.2. The van der Waals surface area contributed by atoms with E-state index in [-0.39, 0.29) is 10.8 Å². The van der Waals surface area contributed by atoms with Gasteiger partial charge < -0.3 is 10.1 Å². The van der Waals surface area contributed by atoms with E-state index in [9.17, 15) is 13.2 Å². The Morgan fingerprint density at radius 1 is 1.21 bits per heavy atom. The second-order valence-electron chi connectivity index (χ2n) is 6.29. The monoisotopic (exact) mass is 431 g/mol. The number of thiazole rings is 1. The maximum atomic E-state index is 12.6. The van der Waals surface area contributed by atoms with Crippen molar-refractivity contribution in [2.24, 2.45) is 0 Å². The van der Waals surface area contributed by atoms with Gasteiger partial charge in [-0.15, -0.1) is 11.3 Å². The van der Waals surface area contributed by atoms with Crippen LogP contribution in [-0.2, 0) is 14.8 Å². The van der Waals surface area contributed by atoms with Crippen LogP contribution in [-0.4, -0.2) is 25.4 Å². The number of nitrogens with one attached hydrogen (secondary N) is 2. The number of anilines is 2. The normalized spacial score (nSPS) is 12.2. The molecule has 2 N–H and O–H groups in total. The molecule has 7 nitrogen and oxygen atoms in total. The lowest BCUT2D eigenvalue weighted by atomic mass is 10.2. The molecule has 1 amide bonds. The van der Waals surface area contributed by atoms with Gasteiger partial charge in [-0.25, -0.2) is 13.4 Å². The van der Waals surface area contributed by atoms with Crippen LogP contribution < -0.4 is 14.8 Å². The predicted octanol–water partition coefficient (Wildman–Crippen LogP) is 4.05. The summed E-state index contributed by atoms with van der Waals surface area (Å²) in [6.45, 7) is 3.81. The molecule has 0 fully saturated rings. The highest BCUT2D eigenvalue weighted by Gasteiger charge is 2.20. The third-order valence-electron chi connectivity index (χ3n) is 4.02. The number of carbonyl (C=O) groups excluding carboxylic acids is 1. The minimum absolute atomic E-state index is 0.0775. The van der Waals surface area contributed by atoms with Gasteiger partial charge in [0.1, 0.15) is 5.75 Å². The number of amides is 1. The smallest absolute Gasteiger partial charge is 0.265 e. The minimum Gasteiger partial charge on any atom is -0.481 e. The van der Waals surface area contributed by atoms with Crippen molar-refractivity contribution in [2.45, 2.75) is 31.3 Å². The Balaban J connectivity index is 1.65. The van der Waals surface area contributed by atoms with Crippen LogP contribution in [0.4, 0.5) is 10.8 Å². The number of aromatic nitrogens is 1. The van der Waals surface area contributed by atoms with Crippen molar-refractivity contribution in [3.8, 4) is 5.75 Å². The van der Waals surface area contributed by atoms with Crippen LogP contribution >= 0.6 is 11.3 Å². The number of hydrogen-bond donors (Lipinski definition) is 2. The van der Waals surface area contributed by atoms with Crippen molar-refractivity contribution in [2.75, 3.05) is 10.0 Å². The molecule has 152 valence electrons. The van der Waals surface area contributed by atoms with E-state index >= 15 is 0 Å². The third kappa shape index (κ3) is 5.55. The van der Waals surface area contributed by atoms with E-state index in [1.165, 1.54) is 41.8 Å². The lowest BCUT2D eigenvalue weighted by Gasteiger charge is -2.17. The molecule has 0 aliphatic rings. The standard InChI is InChI=1S/C20H21N3O4S2/c1-3-18(27-16-6-4-5-14(2)13-16)19(24)22-15-7-9-17(10-8-15)29(25,26)23-20-21-11-12-28-20/h4-13,18H,3H2,1-2H3,(H,21,23)(H,22,24)/t18-/m0/s1. The summed E-state index contributed by atoms with van der Waals surface area (Å²) in [5, 5.41) is 4.74. The van der Waals surface area contributed by atoms with Crippen LogP contribution in [0.15, 0.2) is 65.0 Å². The molecule has 0 unspecified atom stereocenters. The number of hydrogen-bond acceptors (Lipinski definition) is 6. The highest BCUT2D eigenvalue weighted by molar-refractivity contribution is 7.93. The molecule has 0 aliphatic carbocycles. The first-order valence-electron chi connectivity index (χ1n) is 8.94. The first kappa shape index (κ1) is 20.8. The van der Waals surface area contributed by atoms with Gasteiger partial charge in [0, 0.05) is 17.3 Å². The van der Waals surface area contributed by atoms with Crippen LogP contribution in [0.25, 0.3) is 0 Å². The Kier molecular flexibility index (Phi) is 6.50. The van der Waals surface area contributed by atoms with Gasteiger partial charge in [-0.1, -0.05) is 19.1 Å². The summed E-state index contributed by atoms with van der Waals surface area (Å²) in [5.41, 5.74) is 1.52. The zero-order chi connectivity index (χ0) is 20.9. The topological polar surface area (TPSA) is 97.4 Å². The van der Waals surface area contributed by atoms with Gasteiger partial charge in [-0.05, 0) is 55.3 Å². The maximum Gasteiger partial charge on any atom is 0.265 e. The zero-order valence-corrected chi connectivity index (χ0v) is 17.6. The average molecular weight is 432 g/mol. The Bertz CT molecular complexity index is 1070. The zero-order valence-electron chi connectivity index (χ0n) is 16.0. The molecule has 0 saturated heterocycles. The molecule has 9 heteroatoms. The number of rotatable bonds is 8. The van der Waals surface area contributed by atoms with Crippen LogP contribution in [0, 0.1) is 6.92 Å². The van der Waals surface area contributed by atoms with E-state index in [1.54, 1.807) is 11.4 Å². The third-order valence-corrected chi connectivity index (χ3v) is 6.19. The van der Waals surface area contributed by atoms with Crippen molar-refractivity contribution in [1.29, 1.82) is 0 Å². The lowest BCUT2D eigenvalue weighted by molar-refractivity contribution is -0.122. The fraction of sp³-hybridized carbons (Fsp3) is 0.200. The molecule has 2 aromatic carbocycles. The van der Waals surface area contributed by atoms with Gasteiger partial charge in [0.05, 0.1) is 4.90 Å². The molecule has 3 rings (SSSR count). The predicted molar refractivity (Wildman–Crippen MR) is 114 cm³/mol. The van der Waals surface area contributed by atoms with Gasteiger partial charge in [0.25, 0.3) is 15.9 Å². The first-order chi connectivity index (χ1) is 13.9. The molecule has 29 heavy (non-hydrogen) atoms. The largest absolute Gasteiger partial charge is 0.481 e. The Morgan fingerprint density at radius 2 is 1.97 bits per heavy atom. The Labute approximate surface area is 173 Å². The summed E-state index contributed by atoms with van der Waals surface area (Å²) in [4.78, 5) is 16.5. The maximum absolute atomic E-state index is 12.6. The van der Waals surface area contributed by atoms with Crippen LogP contribution in [0.1, 0.15) is 18.9 Å². The van der Waals surface area contributed by atoms with E-state index in [0.717, 1.165) is 5.56 Å². The van der Waals surface area contributed by atoms with Gasteiger partial charge in [0.15, 0.2) is 11.2 Å². The van der Waals surface area contributed by atoms with Crippen molar-refractivity contribution >= 4 is 38.1 Å². The van der Waals surface area contributed by atoms with Crippen LogP contribution in [0.5, 0.6) is 5.75 Å². The van der Waals surface area contributed by atoms with E-state index in [4.69, 9.17) is 4.74 Å². The summed E-state index contributed by atoms with van der Waals surface area (Å²) < 4.78 is 32.9. The van der Waals surface area contributed by atoms with Gasteiger partial charge in [-0.2, -0.15) is 0 Å². The van der Waals surface area contributed by atoms with Gasteiger partial charge in [0.2, 0.25) is 0 Å². The van der Waals surface area contributed by atoms with E-state index in [1.807, 2.05) is 32.0 Å². The molecule has 0 aliphatic heterocycles. The highest BCUT2D eigenvalue weighted by Crippen LogP contribution is 2.20. The number of sulfonamides is 1. The number of benzene rings is 2. The number of carbonyl (C=O) groups is 1. The molecule has 0 saturated carbocycles. The SMILES string of the molecule is CC[C@H](Oc1cccc(C)c1)C(=O)Nc1ccc(S(=O)(=O)Nc2nccs2)cc1. The molecule has 0 bridgehead atoms. The van der Waals surface area contributed by atoms with Crippen LogP contribution in [0.2, 0.25) is 0 Å². The average Bonchev–Trinajstić information content (AvgIpc) is 3.19. The molecule has 1 heterocycles.